The standard InChI is InChI=1S/C13H10Cl2N2O3S/c1-7(12(19)20)17-4-5-21-13(17)16-11(18)9-3-2-8(14)6-10(9)15/h2-7H,1H3,(H,19,20). The molecule has 0 radical (unpaired) electrons. The highest BCUT2D eigenvalue weighted by Gasteiger charge is 2.15. The number of rotatable bonds is 3. The van der Waals surface area contributed by atoms with Crippen LogP contribution in [0, 0.1) is 0 Å². The third-order valence-corrected chi connectivity index (χ3v) is 4.07. The van der Waals surface area contributed by atoms with Crippen LogP contribution in [-0.2, 0) is 4.79 Å². The number of aliphatic carboxylic acids is 1. The van der Waals surface area contributed by atoms with Crippen LogP contribution >= 0.6 is 34.5 Å². The van der Waals surface area contributed by atoms with Gasteiger partial charge in [0.25, 0.3) is 5.91 Å². The van der Waals surface area contributed by atoms with Crippen LogP contribution in [0.2, 0.25) is 10.0 Å². The molecule has 2 rings (SSSR count). The van der Waals surface area contributed by atoms with Gasteiger partial charge in [0.05, 0.1) is 10.6 Å². The average molecular weight is 345 g/mol. The minimum atomic E-state index is -1.01. The van der Waals surface area contributed by atoms with Crippen LogP contribution < -0.4 is 4.80 Å². The normalized spacial score (nSPS) is 13.2. The molecule has 0 aliphatic carbocycles. The number of benzene rings is 1. The van der Waals surface area contributed by atoms with Crippen LogP contribution in [0.15, 0.2) is 34.8 Å². The van der Waals surface area contributed by atoms with Crippen LogP contribution in [0.4, 0.5) is 0 Å². The lowest BCUT2D eigenvalue weighted by Crippen LogP contribution is -2.25. The molecule has 1 N–H and O–H groups in total. The van der Waals surface area contributed by atoms with E-state index in [1.54, 1.807) is 17.6 Å². The molecule has 1 aromatic heterocycles. The molecule has 1 unspecified atom stereocenters. The molecule has 5 nitrogen and oxygen atoms in total. The van der Waals surface area contributed by atoms with E-state index < -0.39 is 17.9 Å². The SMILES string of the molecule is CC(C(=O)O)n1ccsc1=NC(=O)c1ccc(Cl)cc1Cl. The molecule has 0 aliphatic heterocycles. The van der Waals surface area contributed by atoms with Crippen molar-refractivity contribution in [1.82, 2.24) is 4.57 Å². The summed E-state index contributed by atoms with van der Waals surface area (Å²) in [5.74, 6) is -1.56. The molecule has 1 heterocycles. The summed E-state index contributed by atoms with van der Waals surface area (Å²) in [7, 11) is 0. The first-order chi connectivity index (χ1) is 9.90. The Balaban J connectivity index is 2.43. The van der Waals surface area contributed by atoms with E-state index in [9.17, 15) is 9.59 Å². The van der Waals surface area contributed by atoms with Crippen LogP contribution in [0.1, 0.15) is 23.3 Å². The zero-order chi connectivity index (χ0) is 15.6. The predicted octanol–water partition coefficient (Wildman–Crippen LogP) is 3.24. The molecule has 1 amide bonds. The van der Waals surface area contributed by atoms with Gasteiger partial charge in [-0.1, -0.05) is 23.2 Å². The number of carbonyl (C=O) groups is 2. The minimum absolute atomic E-state index is 0.200. The molecule has 0 saturated heterocycles. The summed E-state index contributed by atoms with van der Waals surface area (Å²) in [6, 6.07) is 3.66. The number of nitrogens with zero attached hydrogens (tertiary/aromatic N) is 2. The van der Waals surface area contributed by atoms with E-state index in [4.69, 9.17) is 28.3 Å². The third-order valence-electron chi connectivity index (χ3n) is 2.75. The Morgan fingerprint density at radius 1 is 1.38 bits per heavy atom. The average Bonchev–Trinajstić information content (AvgIpc) is 2.85. The molecule has 0 saturated carbocycles. The molecular weight excluding hydrogens is 335 g/mol. The highest BCUT2D eigenvalue weighted by molar-refractivity contribution is 7.07. The minimum Gasteiger partial charge on any atom is -0.480 e. The lowest BCUT2D eigenvalue weighted by molar-refractivity contribution is -0.140. The molecule has 0 aliphatic rings. The molecule has 1 atom stereocenters. The van der Waals surface area contributed by atoms with Crippen molar-refractivity contribution in [2.75, 3.05) is 0 Å². The quantitative estimate of drug-likeness (QED) is 0.928. The molecule has 110 valence electrons. The Kier molecular flexibility index (Phi) is 4.82. The van der Waals surface area contributed by atoms with Crippen molar-refractivity contribution in [3.05, 3.63) is 50.2 Å². The van der Waals surface area contributed by atoms with E-state index in [1.165, 1.54) is 35.0 Å². The number of hydrogen-bond acceptors (Lipinski definition) is 3. The van der Waals surface area contributed by atoms with Crippen LogP contribution in [0.25, 0.3) is 0 Å². The maximum atomic E-state index is 12.1. The first-order valence-corrected chi connectivity index (χ1v) is 7.46. The highest BCUT2D eigenvalue weighted by atomic mass is 35.5. The predicted molar refractivity (Wildman–Crippen MR) is 81.0 cm³/mol. The van der Waals surface area contributed by atoms with Crippen LogP contribution in [0.3, 0.4) is 0 Å². The number of amides is 1. The zero-order valence-electron chi connectivity index (χ0n) is 10.8. The molecule has 21 heavy (non-hydrogen) atoms. The van der Waals surface area contributed by atoms with Gasteiger partial charge in [-0.05, 0) is 25.1 Å². The maximum Gasteiger partial charge on any atom is 0.326 e. The number of carboxylic acids is 1. The summed E-state index contributed by atoms with van der Waals surface area (Å²) in [6.07, 6.45) is 1.57. The topological polar surface area (TPSA) is 71.7 Å². The van der Waals surface area contributed by atoms with E-state index in [1.807, 2.05) is 0 Å². The number of halogens is 2. The maximum absolute atomic E-state index is 12.1. The second-order valence-corrected chi connectivity index (χ2v) is 5.86. The highest BCUT2D eigenvalue weighted by Crippen LogP contribution is 2.21. The summed E-state index contributed by atoms with van der Waals surface area (Å²) in [4.78, 5) is 27.4. The van der Waals surface area contributed by atoms with E-state index in [0.29, 0.717) is 9.82 Å². The van der Waals surface area contributed by atoms with Gasteiger partial charge >= 0.3 is 5.97 Å². The van der Waals surface area contributed by atoms with E-state index in [-0.39, 0.29) is 10.6 Å². The van der Waals surface area contributed by atoms with Gasteiger partial charge in [0.2, 0.25) is 0 Å². The Labute approximate surface area is 134 Å². The van der Waals surface area contributed by atoms with Crippen molar-refractivity contribution in [2.45, 2.75) is 13.0 Å². The van der Waals surface area contributed by atoms with Gasteiger partial charge in [-0.3, -0.25) is 4.79 Å². The van der Waals surface area contributed by atoms with Crippen molar-refractivity contribution >= 4 is 46.4 Å². The van der Waals surface area contributed by atoms with Gasteiger partial charge in [0, 0.05) is 16.6 Å². The molecule has 2 aromatic rings. The van der Waals surface area contributed by atoms with E-state index in [2.05, 4.69) is 4.99 Å². The molecular formula is C13H10Cl2N2O3S. The summed E-state index contributed by atoms with van der Waals surface area (Å²) in [5.41, 5.74) is 0.212. The Morgan fingerprint density at radius 3 is 2.71 bits per heavy atom. The smallest absolute Gasteiger partial charge is 0.326 e. The molecule has 1 aromatic carbocycles. The van der Waals surface area contributed by atoms with Crippen LogP contribution in [-0.4, -0.2) is 21.6 Å². The fraction of sp³-hybridized carbons (Fsp3) is 0.154. The largest absolute Gasteiger partial charge is 0.480 e. The van der Waals surface area contributed by atoms with Crippen molar-refractivity contribution in [3.63, 3.8) is 0 Å². The monoisotopic (exact) mass is 344 g/mol. The number of aromatic nitrogens is 1. The molecule has 0 fully saturated rings. The van der Waals surface area contributed by atoms with E-state index >= 15 is 0 Å². The van der Waals surface area contributed by atoms with Gasteiger partial charge in [-0.15, -0.1) is 11.3 Å². The number of carbonyl (C=O) groups excluding carboxylic acids is 1. The second-order valence-electron chi connectivity index (χ2n) is 4.15. The first kappa shape index (κ1) is 15.8. The van der Waals surface area contributed by atoms with Gasteiger partial charge < -0.3 is 9.67 Å². The Hall–Kier alpha value is -1.63. The lowest BCUT2D eigenvalue weighted by Gasteiger charge is -2.07. The summed E-state index contributed by atoms with van der Waals surface area (Å²) in [5, 5.41) is 11.3. The zero-order valence-corrected chi connectivity index (χ0v) is 13.1. The number of carboxylic acid groups (broad SMARTS) is 1. The molecule has 8 heteroatoms. The van der Waals surface area contributed by atoms with Gasteiger partial charge in [0.1, 0.15) is 6.04 Å². The van der Waals surface area contributed by atoms with Crippen LogP contribution in [0.5, 0.6) is 0 Å². The van der Waals surface area contributed by atoms with Gasteiger partial charge in [-0.25, -0.2) is 4.79 Å². The van der Waals surface area contributed by atoms with Crippen molar-refractivity contribution in [3.8, 4) is 0 Å². The van der Waals surface area contributed by atoms with Gasteiger partial charge in [-0.2, -0.15) is 4.99 Å². The molecule has 0 bridgehead atoms. The van der Waals surface area contributed by atoms with Gasteiger partial charge in [0.15, 0.2) is 4.80 Å². The first-order valence-electron chi connectivity index (χ1n) is 5.82. The number of thiazole rings is 1. The molecule has 0 spiro atoms. The number of hydrogen-bond donors (Lipinski definition) is 1. The second kappa shape index (κ2) is 6.43. The fourth-order valence-electron chi connectivity index (χ4n) is 1.59. The third kappa shape index (κ3) is 3.53. The summed E-state index contributed by atoms with van der Waals surface area (Å²) >= 11 is 12.9. The Morgan fingerprint density at radius 2 is 2.10 bits per heavy atom. The lowest BCUT2D eigenvalue weighted by atomic mass is 10.2. The van der Waals surface area contributed by atoms with E-state index in [0.717, 1.165) is 0 Å². The van der Waals surface area contributed by atoms with Crippen molar-refractivity contribution in [1.29, 1.82) is 0 Å². The summed E-state index contributed by atoms with van der Waals surface area (Å²) in [6.45, 7) is 1.51. The Bertz CT molecular complexity index is 767. The fourth-order valence-corrected chi connectivity index (χ4v) is 2.87. The summed E-state index contributed by atoms with van der Waals surface area (Å²) < 4.78 is 1.41. The van der Waals surface area contributed by atoms with Crippen molar-refractivity contribution < 1.29 is 14.7 Å². The van der Waals surface area contributed by atoms with Crippen molar-refractivity contribution in [2.24, 2.45) is 4.99 Å².